The van der Waals surface area contributed by atoms with Crippen LogP contribution in [0.5, 0.6) is 0 Å². The molecule has 1 unspecified atom stereocenters. The molecule has 0 aliphatic heterocycles. The van der Waals surface area contributed by atoms with Crippen molar-refractivity contribution in [2.24, 2.45) is 5.92 Å². The van der Waals surface area contributed by atoms with Gasteiger partial charge in [-0.05, 0) is 29.5 Å². The van der Waals surface area contributed by atoms with Gasteiger partial charge in [0.2, 0.25) is 5.91 Å². The van der Waals surface area contributed by atoms with Crippen LogP contribution in [0.2, 0.25) is 5.02 Å². The van der Waals surface area contributed by atoms with Gasteiger partial charge in [0.25, 0.3) is 0 Å². The molecule has 3 N–H and O–H groups in total. The molecule has 2 rings (SSSR count). The van der Waals surface area contributed by atoms with Gasteiger partial charge in [-0.25, -0.2) is 9.00 Å². The molecule has 0 saturated heterocycles. The molecule has 0 spiro atoms. The molecule has 138 valence electrons. The average Bonchev–Trinajstić information content (AvgIpc) is 3.07. The van der Waals surface area contributed by atoms with Gasteiger partial charge in [0, 0.05) is 12.1 Å². The van der Waals surface area contributed by atoms with E-state index in [9.17, 15) is 13.8 Å². The van der Waals surface area contributed by atoms with Crippen molar-refractivity contribution in [2.45, 2.75) is 43.8 Å². The highest BCUT2D eigenvalue weighted by Gasteiger charge is 2.28. The van der Waals surface area contributed by atoms with E-state index < -0.39 is 23.0 Å². The predicted molar refractivity (Wildman–Crippen MR) is 97.8 cm³/mol. The van der Waals surface area contributed by atoms with Crippen molar-refractivity contribution in [3.05, 3.63) is 34.3 Å². The van der Waals surface area contributed by atoms with Crippen LogP contribution < -0.4 is 10.6 Å². The van der Waals surface area contributed by atoms with E-state index in [4.69, 9.17) is 16.2 Å². The highest BCUT2D eigenvalue weighted by Crippen LogP contribution is 2.35. The quantitative estimate of drug-likeness (QED) is 0.654. The van der Waals surface area contributed by atoms with Crippen LogP contribution in [0.3, 0.4) is 0 Å². The molecule has 0 bridgehead atoms. The Balaban J connectivity index is 2.23. The number of nitrogens with one attached hydrogen (secondary N) is 2. The Morgan fingerprint density at radius 3 is 2.60 bits per heavy atom. The summed E-state index contributed by atoms with van der Waals surface area (Å²) in [6.07, 6.45) is 5.15. The first-order valence-corrected chi connectivity index (χ1v) is 9.94. The van der Waals surface area contributed by atoms with E-state index in [1.807, 2.05) is 0 Å². The SMILES string of the molecule is CNC(=O)NC(=O)[C@H](CC1CCCC1)c1ccc(CS(=O)O)c(Cl)c1. The molecule has 1 aromatic carbocycles. The first-order chi connectivity index (χ1) is 11.9. The summed E-state index contributed by atoms with van der Waals surface area (Å²) in [6, 6.07) is 4.53. The van der Waals surface area contributed by atoms with Crippen LogP contribution in [0.4, 0.5) is 4.79 Å². The van der Waals surface area contributed by atoms with Crippen molar-refractivity contribution in [3.8, 4) is 0 Å². The van der Waals surface area contributed by atoms with Crippen LogP contribution in [-0.2, 0) is 21.6 Å². The van der Waals surface area contributed by atoms with Crippen LogP contribution in [0.25, 0.3) is 0 Å². The molecule has 8 heteroatoms. The predicted octanol–water partition coefficient (Wildman–Crippen LogP) is 3.18. The molecule has 6 nitrogen and oxygen atoms in total. The zero-order valence-corrected chi connectivity index (χ0v) is 15.7. The highest BCUT2D eigenvalue weighted by molar-refractivity contribution is 7.78. The van der Waals surface area contributed by atoms with Gasteiger partial charge in [0.15, 0.2) is 11.1 Å². The maximum Gasteiger partial charge on any atom is 0.321 e. The lowest BCUT2D eigenvalue weighted by Gasteiger charge is -2.21. The maximum atomic E-state index is 12.6. The Bertz CT molecular complexity index is 662. The second-order valence-corrected chi connectivity index (χ2v) is 7.66. The van der Waals surface area contributed by atoms with Crippen LogP contribution >= 0.6 is 11.6 Å². The molecular formula is C17H23ClN2O4S. The lowest BCUT2D eigenvalue weighted by Crippen LogP contribution is -2.40. The molecule has 1 aliphatic rings. The zero-order valence-electron chi connectivity index (χ0n) is 14.1. The second kappa shape index (κ2) is 9.31. The van der Waals surface area contributed by atoms with Gasteiger partial charge in [-0.1, -0.05) is 49.4 Å². The minimum Gasteiger partial charge on any atom is -0.341 e. The molecule has 2 atom stereocenters. The largest absolute Gasteiger partial charge is 0.341 e. The van der Waals surface area contributed by atoms with Gasteiger partial charge < -0.3 is 9.87 Å². The summed E-state index contributed by atoms with van der Waals surface area (Å²) in [5.74, 6) is -0.451. The molecule has 3 amide bonds. The number of imide groups is 1. The fourth-order valence-corrected chi connectivity index (χ4v) is 4.12. The van der Waals surface area contributed by atoms with Gasteiger partial charge in [-0.2, -0.15) is 0 Å². The molecule has 1 aliphatic carbocycles. The maximum absolute atomic E-state index is 12.6. The summed E-state index contributed by atoms with van der Waals surface area (Å²) in [5, 5.41) is 5.08. The van der Waals surface area contributed by atoms with E-state index in [-0.39, 0.29) is 11.7 Å². The van der Waals surface area contributed by atoms with Crippen molar-refractivity contribution < 1.29 is 18.4 Å². The summed E-state index contributed by atoms with van der Waals surface area (Å²) in [5.41, 5.74) is 1.27. The number of urea groups is 1. The normalized spacial score (nSPS) is 17.1. The van der Waals surface area contributed by atoms with Gasteiger partial charge in [0.05, 0.1) is 11.7 Å². The van der Waals surface area contributed by atoms with Gasteiger partial charge in [0.1, 0.15) is 0 Å². The number of halogens is 1. The van der Waals surface area contributed by atoms with E-state index >= 15 is 0 Å². The Morgan fingerprint density at radius 1 is 1.36 bits per heavy atom. The van der Waals surface area contributed by atoms with E-state index in [0.29, 0.717) is 28.5 Å². The Labute approximate surface area is 155 Å². The molecule has 1 aromatic rings. The van der Waals surface area contributed by atoms with Crippen LogP contribution in [0.1, 0.15) is 49.1 Å². The molecular weight excluding hydrogens is 364 g/mol. The average molecular weight is 387 g/mol. The van der Waals surface area contributed by atoms with Crippen molar-refractivity contribution in [1.29, 1.82) is 0 Å². The third-order valence-electron chi connectivity index (χ3n) is 4.58. The summed E-state index contributed by atoms with van der Waals surface area (Å²) >= 11 is 4.23. The third-order valence-corrected chi connectivity index (χ3v) is 5.49. The van der Waals surface area contributed by atoms with E-state index in [1.54, 1.807) is 18.2 Å². The monoisotopic (exact) mass is 386 g/mol. The molecule has 0 heterocycles. The molecule has 0 aromatic heterocycles. The van der Waals surface area contributed by atoms with Gasteiger partial charge in [-0.3, -0.25) is 10.1 Å². The van der Waals surface area contributed by atoms with E-state index in [0.717, 1.165) is 25.7 Å². The highest BCUT2D eigenvalue weighted by atomic mass is 35.5. The Morgan fingerprint density at radius 2 is 2.04 bits per heavy atom. The number of carbonyl (C=O) groups excluding carboxylic acids is 2. The summed E-state index contributed by atoms with van der Waals surface area (Å²) in [6.45, 7) is 0. The van der Waals surface area contributed by atoms with Crippen LogP contribution in [-0.4, -0.2) is 27.7 Å². The molecule has 1 fully saturated rings. The molecule has 1 saturated carbocycles. The van der Waals surface area contributed by atoms with Crippen molar-refractivity contribution in [3.63, 3.8) is 0 Å². The van der Waals surface area contributed by atoms with E-state index in [2.05, 4.69) is 10.6 Å². The third kappa shape index (κ3) is 5.80. The zero-order chi connectivity index (χ0) is 18.4. The van der Waals surface area contributed by atoms with E-state index in [1.165, 1.54) is 7.05 Å². The first kappa shape index (κ1) is 19.9. The Hall–Kier alpha value is -1.44. The van der Waals surface area contributed by atoms with Crippen molar-refractivity contribution in [2.75, 3.05) is 7.05 Å². The minimum atomic E-state index is -1.98. The number of hydrogen-bond donors (Lipinski definition) is 3. The number of hydrogen-bond acceptors (Lipinski definition) is 3. The standard InChI is InChI=1S/C17H23ClN2O4S/c1-19-17(22)20-16(21)14(8-11-4-2-3-5-11)12-6-7-13(10-25(23)24)15(18)9-12/h6-7,9,11,14H,2-5,8,10H2,1H3,(H,23,24)(H2,19,20,21,22)/t14-/m1/s1. The van der Waals surface area contributed by atoms with Crippen molar-refractivity contribution in [1.82, 2.24) is 10.6 Å². The lowest BCUT2D eigenvalue weighted by atomic mass is 9.87. The topological polar surface area (TPSA) is 95.5 Å². The number of benzene rings is 1. The fourth-order valence-electron chi connectivity index (χ4n) is 3.27. The first-order valence-electron chi connectivity index (χ1n) is 8.29. The summed E-state index contributed by atoms with van der Waals surface area (Å²) < 4.78 is 20.0. The van der Waals surface area contributed by atoms with Crippen LogP contribution in [0.15, 0.2) is 18.2 Å². The van der Waals surface area contributed by atoms with Crippen molar-refractivity contribution >= 4 is 34.6 Å². The lowest BCUT2D eigenvalue weighted by molar-refractivity contribution is -0.121. The molecule has 0 radical (unpaired) electrons. The smallest absolute Gasteiger partial charge is 0.321 e. The molecule has 25 heavy (non-hydrogen) atoms. The van der Waals surface area contributed by atoms with Crippen LogP contribution in [0, 0.1) is 5.92 Å². The Kier molecular flexibility index (Phi) is 7.40. The minimum absolute atomic E-state index is 0.0587. The number of rotatable bonds is 6. The van der Waals surface area contributed by atoms with Gasteiger partial charge >= 0.3 is 6.03 Å². The summed E-state index contributed by atoms with van der Waals surface area (Å²) in [7, 11) is 1.45. The fraction of sp³-hybridized carbons (Fsp3) is 0.529. The summed E-state index contributed by atoms with van der Waals surface area (Å²) in [4.78, 5) is 24.1. The van der Waals surface area contributed by atoms with Gasteiger partial charge in [-0.15, -0.1) is 0 Å². The second-order valence-electron chi connectivity index (χ2n) is 6.32. The number of amides is 3. The number of carbonyl (C=O) groups is 2.